The molecule has 1 heterocycles. The van der Waals surface area contributed by atoms with E-state index in [4.69, 9.17) is 10.5 Å². The lowest BCUT2D eigenvalue weighted by atomic mass is 9.74. The first kappa shape index (κ1) is 20.5. The standard InChI is InChI=1S/C19H27N3O3.ClH/c1-19(20)9-4-3-8-16(19)18(24)21-13-10-17(23)22(12-13)14-6-5-7-15(11-14)25-2;/h5-7,11,13,16H,3-4,8-10,12,20H2,1-2H3,(H,21,24);1H. The molecular formula is C19H28ClN3O3. The van der Waals surface area contributed by atoms with Gasteiger partial charge in [-0.15, -0.1) is 12.4 Å². The Bertz CT molecular complexity index is 665. The van der Waals surface area contributed by atoms with Gasteiger partial charge in [-0.2, -0.15) is 0 Å². The Hall–Kier alpha value is -1.79. The van der Waals surface area contributed by atoms with Crippen molar-refractivity contribution in [3.05, 3.63) is 24.3 Å². The maximum Gasteiger partial charge on any atom is 0.229 e. The Labute approximate surface area is 160 Å². The Morgan fingerprint density at radius 1 is 1.38 bits per heavy atom. The predicted molar refractivity (Wildman–Crippen MR) is 104 cm³/mol. The molecule has 2 amide bonds. The van der Waals surface area contributed by atoms with Gasteiger partial charge in [-0.25, -0.2) is 0 Å². The normalized spacial score (nSPS) is 28.4. The summed E-state index contributed by atoms with van der Waals surface area (Å²) < 4.78 is 5.22. The fourth-order valence-corrected chi connectivity index (χ4v) is 3.92. The van der Waals surface area contributed by atoms with Crippen LogP contribution in [-0.4, -0.2) is 37.0 Å². The van der Waals surface area contributed by atoms with Gasteiger partial charge < -0.3 is 20.7 Å². The fourth-order valence-electron chi connectivity index (χ4n) is 3.92. The molecule has 144 valence electrons. The number of benzene rings is 1. The Morgan fingerprint density at radius 3 is 2.85 bits per heavy atom. The van der Waals surface area contributed by atoms with Crippen molar-refractivity contribution in [3.63, 3.8) is 0 Å². The molecule has 3 unspecified atom stereocenters. The van der Waals surface area contributed by atoms with E-state index in [1.165, 1.54) is 0 Å². The van der Waals surface area contributed by atoms with Crippen molar-refractivity contribution in [1.82, 2.24) is 5.32 Å². The van der Waals surface area contributed by atoms with Gasteiger partial charge in [0.1, 0.15) is 5.75 Å². The first-order valence-electron chi connectivity index (χ1n) is 8.94. The van der Waals surface area contributed by atoms with Crippen LogP contribution in [0, 0.1) is 5.92 Å². The van der Waals surface area contributed by atoms with Gasteiger partial charge >= 0.3 is 0 Å². The summed E-state index contributed by atoms with van der Waals surface area (Å²) in [6, 6.07) is 7.23. The molecule has 1 saturated carbocycles. The zero-order valence-corrected chi connectivity index (χ0v) is 16.2. The van der Waals surface area contributed by atoms with Crippen LogP contribution in [0.3, 0.4) is 0 Å². The minimum atomic E-state index is -0.461. The number of nitrogens with two attached hydrogens (primary N) is 1. The number of rotatable bonds is 4. The minimum Gasteiger partial charge on any atom is -0.497 e. The largest absolute Gasteiger partial charge is 0.497 e. The van der Waals surface area contributed by atoms with Crippen LogP contribution in [-0.2, 0) is 9.59 Å². The number of hydrogen-bond donors (Lipinski definition) is 2. The second kappa shape index (κ2) is 8.27. The molecule has 1 saturated heterocycles. The molecule has 0 radical (unpaired) electrons. The average Bonchev–Trinajstić information content (AvgIpc) is 2.94. The highest BCUT2D eigenvalue weighted by atomic mass is 35.5. The SMILES string of the molecule is COc1cccc(N2CC(NC(=O)C3CCCCC3(C)N)CC2=O)c1.Cl. The summed E-state index contributed by atoms with van der Waals surface area (Å²) in [6.07, 6.45) is 4.10. The van der Waals surface area contributed by atoms with E-state index in [1.807, 2.05) is 31.2 Å². The number of nitrogens with zero attached hydrogens (tertiary/aromatic N) is 1. The maximum absolute atomic E-state index is 12.7. The maximum atomic E-state index is 12.7. The monoisotopic (exact) mass is 381 g/mol. The molecule has 1 aliphatic heterocycles. The Balaban J connectivity index is 0.00000243. The Kier molecular flexibility index (Phi) is 6.53. The van der Waals surface area contributed by atoms with Gasteiger partial charge in [0.2, 0.25) is 11.8 Å². The second-order valence-corrected chi connectivity index (χ2v) is 7.42. The third kappa shape index (κ3) is 4.30. The molecule has 1 aliphatic carbocycles. The summed E-state index contributed by atoms with van der Waals surface area (Å²) in [7, 11) is 1.60. The summed E-state index contributed by atoms with van der Waals surface area (Å²) in [4.78, 5) is 26.8. The smallest absolute Gasteiger partial charge is 0.229 e. The molecule has 3 rings (SSSR count). The number of ether oxygens (including phenoxy) is 1. The highest BCUT2D eigenvalue weighted by molar-refractivity contribution is 5.97. The van der Waals surface area contributed by atoms with E-state index in [0.29, 0.717) is 18.7 Å². The molecule has 0 bridgehead atoms. The van der Waals surface area contributed by atoms with Gasteiger partial charge in [-0.05, 0) is 31.9 Å². The molecule has 3 N–H and O–H groups in total. The number of nitrogens with one attached hydrogen (secondary N) is 1. The van der Waals surface area contributed by atoms with E-state index in [-0.39, 0.29) is 36.2 Å². The van der Waals surface area contributed by atoms with Crippen LogP contribution in [0.25, 0.3) is 0 Å². The van der Waals surface area contributed by atoms with Crippen LogP contribution in [0.1, 0.15) is 39.0 Å². The Morgan fingerprint density at radius 2 is 2.15 bits per heavy atom. The lowest BCUT2D eigenvalue weighted by molar-refractivity contribution is -0.128. The minimum absolute atomic E-state index is 0. The van der Waals surface area contributed by atoms with Gasteiger partial charge in [0.25, 0.3) is 0 Å². The molecule has 1 aromatic carbocycles. The summed E-state index contributed by atoms with van der Waals surface area (Å²) in [6.45, 7) is 2.44. The molecule has 2 aliphatic rings. The van der Waals surface area contributed by atoms with Gasteiger partial charge in [0, 0.05) is 30.3 Å². The summed E-state index contributed by atoms with van der Waals surface area (Å²) in [5.41, 5.74) is 6.66. The summed E-state index contributed by atoms with van der Waals surface area (Å²) in [5, 5.41) is 3.05. The van der Waals surface area contributed by atoms with Crippen molar-refractivity contribution in [1.29, 1.82) is 0 Å². The van der Waals surface area contributed by atoms with E-state index in [2.05, 4.69) is 5.32 Å². The number of methoxy groups -OCH3 is 1. The summed E-state index contributed by atoms with van der Waals surface area (Å²) in [5.74, 6) is 0.522. The zero-order valence-electron chi connectivity index (χ0n) is 15.4. The third-order valence-electron chi connectivity index (χ3n) is 5.41. The molecule has 3 atom stereocenters. The molecule has 2 fully saturated rings. The third-order valence-corrected chi connectivity index (χ3v) is 5.41. The first-order chi connectivity index (χ1) is 11.9. The van der Waals surface area contributed by atoms with Crippen molar-refractivity contribution in [2.24, 2.45) is 11.7 Å². The van der Waals surface area contributed by atoms with Crippen molar-refractivity contribution < 1.29 is 14.3 Å². The van der Waals surface area contributed by atoms with Crippen molar-refractivity contribution in [2.75, 3.05) is 18.6 Å². The number of amides is 2. The van der Waals surface area contributed by atoms with Gasteiger partial charge in [-0.1, -0.05) is 18.9 Å². The molecular weight excluding hydrogens is 354 g/mol. The van der Waals surface area contributed by atoms with E-state index in [1.54, 1.807) is 12.0 Å². The van der Waals surface area contributed by atoms with Gasteiger partial charge in [0.05, 0.1) is 19.1 Å². The first-order valence-corrected chi connectivity index (χ1v) is 8.94. The van der Waals surface area contributed by atoms with Crippen LogP contribution in [0.2, 0.25) is 0 Å². The molecule has 0 aromatic heterocycles. The molecule has 7 heteroatoms. The highest BCUT2D eigenvalue weighted by Crippen LogP contribution is 2.32. The average molecular weight is 382 g/mol. The van der Waals surface area contributed by atoms with E-state index in [0.717, 1.165) is 31.4 Å². The number of carbonyl (C=O) groups is 2. The highest BCUT2D eigenvalue weighted by Gasteiger charge is 2.40. The van der Waals surface area contributed by atoms with Gasteiger partial charge in [0.15, 0.2) is 0 Å². The molecule has 0 spiro atoms. The van der Waals surface area contributed by atoms with Crippen LogP contribution in [0.15, 0.2) is 24.3 Å². The summed E-state index contributed by atoms with van der Waals surface area (Å²) >= 11 is 0. The lowest BCUT2D eigenvalue weighted by Gasteiger charge is -2.37. The lowest BCUT2D eigenvalue weighted by Crippen LogP contribution is -2.54. The van der Waals surface area contributed by atoms with Crippen molar-refractivity contribution in [3.8, 4) is 5.75 Å². The number of halogens is 1. The predicted octanol–water partition coefficient (Wildman–Crippen LogP) is 2.25. The molecule has 6 nitrogen and oxygen atoms in total. The number of hydrogen-bond acceptors (Lipinski definition) is 4. The molecule has 26 heavy (non-hydrogen) atoms. The van der Waals surface area contributed by atoms with Crippen LogP contribution in [0.5, 0.6) is 5.75 Å². The second-order valence-electron chi connectivity index (χ2n) is 7.42. The van der Waals surface area contributed by atoms with Crippen molar-refractivity contribution in [2.45, 2.75) is 50.6 Å². The number of anilines is 1. The van der Waals surface area contributed by atoms with Crippen molar-refractivity contribution >= 4 is 29.9 Å². The van der Waals surface area contributed by atoms with Crippen LogP contribution >= 0.6 is 12.4 Å². The van der Waals surface area contributed by atoms with E-state index >= 15 is 0 Å². The number of carbonyl (C=O) groups excluding carboxylic acids is 2. The quantitative estimate of drug-likeness (QED) is 0.837. The van der Waals surface area contributed by atoms with Gasteiger partial charge in [-0.3, -0.25) is 9.59 Å². The topological polar surface area (TPSA) is 84.7 Å². The van der Waals surface area contributed by atoms with Crippen LogP contribution in [0.4, 0.5) is 5.69 Å². The van der Waals surface area contributed by atoms with E-state index < -0.39 is 5.54 Å². The zero-order chi connectivity index (χ0) is 18.0. The molecule has 1 aromatic rings. The van der Waals surface area contributed by atoms with Crippen LogP contribution < -0.4 is 20.7 Å². The van der Waals surface area contributed by atoms with E-state index in [9.17, 15) is 9.59 Å². The fraction of sp³-hybridized carbons (Fsp3) is 0.579.